The fourth-order valence-electron chi connectivity index (χ4n) is 4.22. The SMILES string of the molecule is FC(F)(F)c1cccc(-c2cnc(N3CCC(N4CCCCC4)CC3)nc2)c1. The third-order valence-corrected chi connectivity index (χ3v) is 5.82. The lowest BCUT2D eigenvalue weighted by molar-refractivity contribution is -0.137. The second-order valence-electron chi connectivity index (χ2n) is 7.67. The van der Waals surface area contributed by atoms with E-state index < -0.39 is 11.7 Å². The summed E-state index contributed by atoms with van der Waals surface area (Å²) in [5.41, 5.74) is 0.414. The number of likely N-dealkylation sites (tertiary alicyclic amines) is 1. The van der Waals surface area contributed by atoms with Crippen molar-refractivity contribution >= 4 is 5.95 Å². The number of benzene rings is 1. The minimum atomic E-state index is -4.35. The highest BCUT2D eigenvalue weighted by Gasteiger charge is 2.30. The molecule has 0 unspecified atom stereocenters. The Labute approximate surface area is 163 Å². The second-order valence-corrected chi connectivity index (χ2v) is 7.67. The fourth-order valence-corrected chi connectivity index (χ4v) is 4.22. The van der Waals surface area contributed by atoms with Gasteiger partial charge in [-0.15, -0.1) is 0 Å². The number of alkyl halides is 3. The molecule has 0 N–H and O–H groups in total. The molecule has 0 saturated carbocycles. The number of hydrogen-bond donors (Lipinski definition) is 0. The molecule has 150 valence electrons. The number of anilines is 1. The molecule has 4 nitrogen and oxygen atoms in total. The quantitative estimate of drug-likeness (QED) is 0.766. The highest BCUT2D eigenvalue weighted by molar-refractivity contribution is 5.63. The minimum absolute atomic E-state index is 0.477. The molecule has 2 aliphatic rings. The Kier molecular flexibility index (Phi) is 5.53. The van der Waals surface area contributed by atoms with E-state index in [0.29, 0.717) is 23.1 Å². The fraction of sp³-hybridized carbons (Fsp3) is 0.524. The first-order chi connectivity index (χ1) is 13.5. The number of piperidine rings is 2. The highest BCUT2D eigenvalue weighted by atomic mass is 19.4. The summed E-state index contributed by atoms with van der Waals surface area (Å²) in [6.45, 7) is 4.27. The van der Waals surface area contributed by atoms with Crippen LogP contribution in [-0.2, 0) is 6.18 Å². The van der Waals surface area contributed by atoms with Crippen molar-refractivity contribution in [3.8, 4) is 11.1 Å². The number of rotatable bonds is 3. The Morgan fingerprint density at radius 2 is 1.54 bits per heavy atom. The van der Waals surface area contributed by atoms with Gasteiger partial charge in [0.2, 0.25) is 5.95 Å². The molecule has 2 fully saturated rings. The van der Waals surface area contributed by atoms with Crippen molar-refractivity contribution < 1.29 is 13.2 Å². The summed E-state index contributed by atoms with van der Waals surface area (Å²) in [7, 11) is 0. The van der Waals surface area contributed by atoms with Crippen LogP contribution >= 0.6 is 0 Å². The normalized spacial score (nSPS) is 19.8. The number of halogens is 3. The van der Waals surface area contributed by atoms with Crippen LogP contribution in [0, 0.1) is 0 Å². The van der Waals surface area contributed by atoms with Gasteiger partial charge in [-0.3, -0.25) is 0 Å². The van der Waals surface area contributed by atoms with Crippen molar-refractivity contribution in [3.05, 3.63) is 42.2 Å². The lowest BCUT2D eigenvalue weighted by atomic mass is 10.00. The van der Waals surface area contributed by atoms with Crippen LogP contribution in [0.3, 0.4) is 0 Å². The topological polar surface area (TPSA) is 32.3 Å². The molecule has 0 aliphatic carbocycles. The van der Waals surface area contributed by atoms with Gasteiger partial charge >= 0.3 is 6.18 Å². The van der Waals surface area contributed by atoms with E-state index in [9.17, 15) is 13.2 Å². The van der Waals surface area contributed by atoms with Gasteiger partial charge < -0.3 is 9.80 Å². The van der Waals surface area contributed by atoms with Crippen LogP contribution in [0.1, 0.15) is 37.7 Å². The molecule has 0 atom stereocenters. The molecule has 28 heavy (non-hydrogen) atoms. The number of hydrogen-bond acceptors (Lipinski definition) is 4. The van der Waals surface area contributed by atoms with Crippen molar-refractivity contribution in [1.82, 2.24) is 14.9 Å². The molecule has 2 saturated heterocycles. The molecule has 1 aromatic carbocycles. The first-order valence-corrected chi connectivity index (χ1v) is 9.99. The Morgan fingerprint density at radius 1 is 0.857 bits per heavy atom. The molecule has 0 amide bonds. The van der Waals surface area contributed by atoms with Gasteiger partial charge in [0.15, 0.2) is 0 Å². The molecule has 0 bridgehead atoms. The van der Waals surface area contributed by atoms with Crippen LogP contribution in [-0.4, -0.2) is 47.1 Å². The van der Waals surface area contributed by atoms with Crippen LogP contribution in [0.15, 0.2) is 36.7 Å². The Morgan fingerprint density at radius 3 is 2.18 bits per heavy atom. The van der Waals surface area contributed by atoms with Gasteiger partial charge in [0.1, 0.15) is 0 Å². The lowest BCUT2D eigenvalue weighted by Crippen LogP contribution is -2.47. The van der Waals surface area contributed by atoms with Gasteiger partial charge in [-0.25, -0.2) is 9.97 Å². The average molecular weight is 390 g/mol. The summed E-state index contributed by atoms with van der Waals surface area (Å²) in [6, 6.07) is 5.93. The number of nitrogens with zero attached hydrogens (tertiary/aromatic N) is 4. The third kappa shape index (κ3) is 4.29. The summed E-state index contributed by atoms with van der Waals surface area (Å²) < 4.78 is 38.7. The van der Waals surface area contributed by atoms with Gasteiger partial charge in [0, 0.05) is 37.1 Å². The predicted octanol–water partition coefficient (Wildman–Crippen LogP) is 4.62. The van der Waals surface area contributed by atoms with Crippen LogP contribution in [0.25, 0.3) is 11.1 Å². The molecule has 0 spiro atoms. The van der Waals surface area contributed by atoms with Crippen molar-refractivity contribution in [2.24, 2.45) is 0 Å². The highest BCUT2D eigenvalue weighted by Crippen LogP contribution is 2.32. The molecule has 2 aromatic rings. The van der Waals surface area contributed by atoms with E-state index in [2.05, 4.69) is 19.8 Å². The molecule has 1 aromatic heterocycles. The summed E-state index contributed by atoms with van der Waals surface area (Å²) in [4.78, 5) is 13.7. The first-order valence-electron chi connectivity index (χ1n) is 9.99. The van der Waals surface area contributed by atoms with Gasteiger partial charge in [-0.1, -0.05) is 18.6 Å². The minimum Gasteiger partial charge on any atom is -0.341 e. The van der Waals surface area contributed by atoms with Crippen LogP contribution < -0.4 is 4.90 Å². The van der Waals surface area contributed by atoms with E-state index in [1.54, 1.807) is 18.5 Å². The maximum Gasteiger partial charge on any atom is 0.416 e. The smallest absolute Gasteiger partial charge is 0.341 e. The van der Waals surface area contributed by atoms with Crippen molar-refractivity contribution in [2.45, 2.75) is 44.3 Å². The van der Waals surface area contributed by atoms with Gasteiger partial charge in [0.25, 0.3) is 0 Å². The van der Waals surface area contributed by atoms with E-state index in [1.165, 1.54) is 38.4 Å². The van der Waals surface area contributed by atoms with E-state index in [-0.39, 0.29) is 0 Å². The van der Waals surface area contributed by atoms with Crippen LogP contribution in [0.5, 0.6) is 0 Å². The molecule has 3 heterocycles. The maximum absolute atomic E-state index is 12.9. The van der Waals surface area contributed by atoms with Gasteiger partial charge in [-0.2, -0.15) is 13.2 Å². The summed E-state index contributed by atoms with van der Waals surface area (Å²) in [6.07, 6.45) is 5.07. The standard InChI is InChI=1S/C21H25F3N4/c22-21(23,24)18-6-4-5-16(13-18)17-14-25-20(26-15-17)28-11-7-19(8-12-28)27-9-2-1-3-10-27/h4-6,13-15,19H,1-3,7-12H2. The molecular formula is C21H25F3N4. The molecule has 2 aliphatic heterocycles. The average Bonchev–Trinajstić information content (AvgIpc) is 2.74. The monoisotopic (exact) mass is 390 g/mol. The summed E-state index contributed by atoms with van der Waals surface area (Å²) in [5.74, 6) is 0.660. The zero-order valence-electron chi connectivity index (χ0n) is 15.8. The summed E-state index contributed by atoms with van der Waals surface area (Å²) in [5, 5.41) is 0. The summed E-state index contributed by atoms with van der Waals surface area (Å²) >= 11 is 0. The third-order valence-electron chi connectivity index (χ3n) is 5.82. The van der Waals surface area contributed by atoms with Gasteiger partial charge in [0.05, 0.1) is 5.56 Å². The number of aromatic nitrogens is 2. The Bertz CT molecular complexity index is 777. The zero-order chi connectivity index (χ0) is 19.6. The molecule has 0 radical (unpaired) electrons. The van der Waals surface area contributed by atoms with E-state index in [1.807, 2.05) is 0 Å². The van der Waals surface area contributed by atoms with E-state index in [4.69, 9.17) is 0 Å². The second kappa shape index (κ2) is 8.07. The molecular weight excluding hydrogens is 365 g/mol. The predicted molar refractivity (Wildman–Crippen MR) is 103 cm³/mol. The molecule has 4 rings (SSSR count). The van der Waals surface area contributed by atoms with Gasteiger partial charge in [-0.05, 0) is 56.5 Å². The Balaban J connectivity index is 1.40. The molecule has 7 heteroatoms. The largest absolute Gasteiger partial charge is 0.416 e. The van der Waals surface area contributed by atoms with E-state index in [0.717, 1.165) is 38.1 Å². The van der Waals surface area contributed by atoms with Crippen molar-refractivity contribution in [3.63, 3.8) is 0 Å². The zero-order valence-corrected chi connectivity index (χ0v) is 15.8. The Hall–Kier alpha value is -2.15. The first kappa shape index (κ1) is 19.2. The lowest BCUT2D eigenvalue weighted by Gasteiger charge is -2.40. The van der Waals surface area contributed by atoms with Crippen molar-refractivity contribution in [2.75, 3.05) is 31.1 Å². The maximum atomic E-state index is 12.9. The van der Waals surface area contributed by atoms with Crippen LogP contribution in [0.2, 0.25) is 0 Å². The van der Waals surface area contributed by atoms with Crippen LogP contribution in [0.4, 0.5) is 19.1 Å². The van der Waals surface area contributed by atoms with E-state index >= 15 is 0 Å². The van der Waals surface area contributed by atoms with Crippen molar-refractivity contribution in [1.29, 1.82) is 0 Å².